The second kappa shape index (κ2) is 2.64. The molecule has 0 N–H and O–H groups in total. The SMILES string of the molecule is CC1CC(Cn2cncn2)C1. The standard InChI is InChI=1S/C8H13N3/c1-7-2-8(3-7)4-11-6-9-5-10-11/h5-8H,2-4H2,1H3. The fraction of sp³-hybridized carbons (Fsp3) is 0.750. The van der Waals surface area contributed by atoms with E-state index in [9.17, 15) is 0 Å². The van der Waals surface area contributed by atoms with Gasteiger partial charge in [-0.1, -0.05) is 6.92 Å². The minimum atomic E-state index is 0.853. The monoisotopic (exact) mass is 151 g/mol. The quantitative estimate of drug-likeness (QED) is 0.638. The van der Waals surface area contributed by atoms with Crippen LogP contribution in [0.5, 0.6) is 0 Å². The molecule has 0 atom stereocenters. The Hall–Kier alpha value is -0.860. The van der Waals surface area contributed by atoms with Crippen molar-refractivity contribution in [1.82, 2.24) is 14.8 Å². The van der Waals surface area contributed by atoms with E-state index in [2.05, 4.69) is 17.0 Å². The number of aromatic nitrogens is 3. The van der Waals surface area contributed by atoms with E-state index in [1.54, 1.807) is 12.7 Å². The van der Waals surface area contributed by atoms with E-state index in [0.717, 1.165) is 18.4 Å². The summed E-state index contributed by atoms with van der Waals surface area (Å²) in [5, 5.41) is 4.07. The first-order valence-corrected chi connectivity index (χ1v) is 4.17. The van der Waals surface area contributed by atoms with Crippen molar-refractivity contribution in [3.8, 4) is 0 Å². The highest BCUT2D eigenvalue weighted by molar-refractivity contribution is 4.76. The number of nitrogens with zero attached hydrogens (tertiary/aromatic N) is 3. The van der Waals surface area contributed by atoms with Gasteiger partial charge in [-0.2, -0.15) is 5.10 Å². The maximum absolute atomic E-state index is 4.07. The van der Waals surface area contributed by atoms with Gasteiger partial charge >= 0.3 is 0 Å². The summed E-state index contributed by atoms with van der Waals surface area (Å²) in [6.45, 7) is 3.36. The highest BCUT2D eigenvalue weighted by Crippen LogP contribution is 2.33. The average molecular weight is 151 g/mol. The molecule has 0 unspecified atom stereocenters. The van der Waals surface area contributed by atoms with Crippen molar-refractivity contribution in [2.75, 3.05) is 0 Å². The van der Waals surface area contributed by atoms with Crippen molar-refractivity contribution in [2.45, 2.75) is 26.3 Å². The Kier molecular flexibility index (Phi) is 1.64. The van der Waals surface area contributed by atoms with Gasteiger partial charge in [0, 0.05) is 6.54 Å². The van der Waals surface area contributed by atoms with Gasteiger partial charge in [-0.15, -0.1) is 0 Å². The van der Waals surface area contributed by atoms with Crippen molar-refractivity contribution in [2.24, 2.45) is 11.8 Å². The second-order valence-electron chi connectivity index (χ2n) is 3.56. The van der Waals surface area contributed by atoms with E-state index < -0.39 is 0 Å². The van der Waals surface area contributed by atoms with Crippen molar-refractivity contribution in [1.29, 1.82) is 0 Å². The van der Waals surface area contributed by atoms with Crippen LogP contribution in [0.25, 0.3) is 0 Å². The molecule has 1 saturated carbocycles. The summed E-state index contributed by atoms with van der Waals surface area (Å²) in [4.78, 5) is 3.90. The van der Waals surface area contributed by atoms with Crippen LogP contribution in [0.2, 0.25) is 0 Å². The molecule has 1 fully saturated rings. The zero-order valence-electron chi connectivity index (χ0n) is 6.77. The molecule has 1 heterocycles. The molecule has 0 radical (unpaired) electrons. The average Bonchev–Trinajstić information content (AvgIpc) is 2.36. The lowest BCUT2D eigenvalue weighted by molar-refractivity contribution is 0.182. The Balaban J connectivity index is 1.84. The molecule has 0 aromatic carbocycles. The molecule has 2 rings (SSSR count). The topological polar surface area (TPSA) is 30.7 Å². The molecule has 60 valence electrons. The zero-order chi connectivity index (χ0) is 7.68. The summed E-state index contributed by atoms with van der Waals surface area (Å²) < 4.78 is 1.93. The number of rotatable bonds is 2. The van der Waals surface area contributed by atoms with Crippen molar-refractivity contribution in [3.05, 3.63) is 12.7 Å². The predicted molar refractivity (Wildman–Crippen MR) is 41.9 cm³/mol. The van der Waals surface area contributed by atoms with E-state index in [1.807, 2.05) is 4.68 Å². The van der Waals surface area contributed by atoms with Crippen LogP contribution in [-0.2, 0) is 6.54 Å². The van der Waals surface area contributed by atoms with E-state index in [1.165, 1.54) is 12.8 Å². The van der Waals surface area contributed by atoms with Gasteiger partial charge in [0.25, 0.3) is 0 Å². The number of hydrogen-bond acceptors (Lipinski definition) is 2. The van der Waals surface area contributed by atoms with E-state index in [4.69, 9.17) is 0 Å². The molecule has 0 aliphatic heterocycles. The molecule has 3 heteroatoms. The first-order valence-electron chi connectivity index (χ1n) is 4.17. The Morgan fingerprint density at radius 2 is 2.36 bits per heavy atom. The fourth-order valence-corrected chi connectivity index (χ4v) is 1.81. The van der Waals surface area contributed by atoms with Crippen LogP contribution in [0.1, 0.15) is 19.8 Å². The van der Waals surface area contributed by atoms with Gasteiger partial charge in [-0.25, -0.2) is 4.98 Å². The molecule has 1 aliphatic carbocycles. The molecule has 1 aliphatic rings. The van der Waals surface area contributed by atoms with Crippen LogP contribution in [-0.4, -0.2) is 14.8 Å². The highest BCUT2D eigenvalue weighted by Gasteiger charge is 2.25. The fourth-order valence-electron chi connectivity index (χ4n) is 1.81. The van der Waals surface area contributed by atoms with Gasteiger partial charge in [0.15, 0.2) is 0 Å². The summed E-state index contributed by atoms with van der Waals surface area (Å²) in [6, 6.07) is 0. The van der Waals surface area contributed by atoms with E-state index >= 15 is 0 Å². The third-order valence-electron chi connectivity index (χ3n) is 2.38. The minimum absolute atomic E-state index is 0.853. The summed E-state index contributed by atoms with van der Waals surface area (Å²) >= 11 is 0. The molecule has 0 bridgehead atoms. The van der Waals surface area contributed by atoms with Gasteiger partial charge in [0.2, 0.25) is 0 Å². The maximum atomic E-state index is 4.07. The predicted octanol–water partition coefficient (Wildman–Crippen LogP) is 1.32. The molecule has 3 nitrogen and oxygen atoms in total. The summed E-state index contributed by atoms with van der Waals surface area (Å²) in [5.41, 5.74) is 0. The van der Waals surface area contributed by atoms with Gasteiger partial charge < -0.3 is 0 Å². The Labute approximate surface area is 66.4 Å². The van der Waals surface area contributed by atoms with Crippen molar-refractivity contribution in [3.63, 3.8) is 0 Å². The number of hydrogen-bond donors (Lipinski definition) is 0. The highest BCUT2D eigenvalue weighted by atomic mass is 15.3. The first-order chi connectivity index (χ1) is 5.34. The van der Waals surface area contributed by atoms with Gasteiger partial charge in [-0.3, -0.25) is 4.68 Å². The molecule has 0 spiro atoms. The molecule has 0 amide bonds. The molecule has 1 aromatic rings. The third-order valence-corrected chi connectivity index (χ3v) is 2.38. The molecule has 0 saturated heterocycles. The van der Waals surface area contributed by atoms with Gasteiger partial charge in [-0.05, 0) is 24.7 Å². The van der Waals surface area contributed by atoms with Crippen LogP contribution < -0.4 is 0 Å². The van der Waals surface area contributed by atoms with Gasteiger partial charge in [0.05, 0.1) is 0 Å². The lowest BCUT2D eigenvalue weighted by atomic mass is 9.76. The van der Waals surface area contributed by atoms with Crippen molar-refractivity contribution >= 4 is 0 Å². The van der Waals surface area contributed by atoms with Crippen LogP contribution >= 0.6 is 0 Å². The molecule has 1 aromatic heterocycles. The van der Waals surface area contributed by atoms with Crippen molar-refractivity contribution < 1.29 is 0 Å². The Morgan fingerprint density at radius 3 is 2.91 bits per heavy atom. The van der Waals surface area contributed by atoms with Crippen LogP contribution in [0.15, 0.2) is 12.7 Å². The Morgan fingerprint density at radius 1 is 1.55 bits per heavy atom. The van der Waals surface area contributed by atoms with Crippen LogP contribution in [0.4, 0.5) is 0 Å². The minimum Gasteiger partial charge on any atom is -0.253 e. The summed E-state index contributed by atoms with van der Waals surface area (Å²) in [7, 11) is 0. The summed E-state index contributed by atoms with van der Waals surface area (Å²) in [6.07, 6.45) is 6.12. The lowest BCUT2D eigenvalue weighted by Gasteiger charge is -2.32. The van der Waals surface area contributed by atoms with Crippen LogP contribution in [0, 0.1) is 11.8 Å². The lowest BCUT2D eigenvalue weighted by Crippen LogP contribution is -2.25. The third kappa shape index (κ3) is 1.42. The Bertz CT molecular complexity index is 211. The second-order valence-corrected chi connectivity index (χ2v) is 3.56. The molecular weight excluding hydrogens is 138 g/mol. The smallest absolute Gasteiger partial charge is 0.137 e. The van der Waals surface area contributed by atoms with E-state index in [-0.39, 0.29) is 0 Å². The maximum Gasteiger partial charge on any atom is 0.137 e. The van der Waals surface area contributed by atoms with Gasteiger partial charge in [0.1, 0.15) is 12.7 Å². The summed E-state index contributed by atoms with van der Waals surface area (Å²) in [5.74, 6) is 1.79. The normalized spacial score (nSPS) is 29.9. The first kappa shape index (κ1) is 6.83. The van der Waals surface area contributed by atoms with Crippen LogP contribution in [0.3, 0.4) is 0 Å². The molecular formula is C8H13N3. The largest absolute Gasteiger partial charge is 0.253 e. The zero-order valence-corrected chi connectivity index (χ0v) is 6.77. The molecule has 11 heavy (non-hydrogen) atoms. The van der Waals surface area contributed by atoms with E-state index in [0.29, 0.717) is 0 Å².